The molecule has 0 aliphatic carbocycles. The standard InChI is InChI=1S/C15H24N2O6/c1-14(2,3)23-13(21)17-7-5-6-15(17)8-10(18)16(12(15)20)9-11(19)22-4/h10,18H,5-9H2,1-4H3/t10?,15-/m1/s1. The molecule has 1 unspecified atom stereocenters. The lowest BCUT2D eigenvalue weighted by atomic mass is 9.94. The van der Waals surface area contributed by atoms with Crippen molar-refractivity contribution in [2.24, 2.45) is 0 Å². The highest BCUT2D eigenvalue weighted by molar-refractivity contribution is 5.94. The van der Waals surface area contributed by atoms with Gasteiger partial charge >= 0.3 is 12.1 Å². The summed E-state index contributed by atoms with van der Waals surface area (Å²) in [7, 11) is 1.22. The van der Waals surface area contributed by atoms with Crippen molar-refractivity contribution in [2.75, 3.05) is 20.2 Å². The van der Waals surface area contributed by atoms with Gasteiger partial charge in [0.05, 0.1) is 7.11 Å². The van der Waals surface area contributed by atoms with Gasteiger partial charge in [-0.05, 0) is 33.6 Å². The number of likely N-dealkylation sites (tertiary alicyclic amines) is 2. The highest BCUT2D eigenvalue weighted by atomic mass is 16.6. The van der Waals surface area contributed by atoms with E-state index in [1.165, 1.54) is 12.0 Å². The van der Waals surface area contributed by atoms with Crippen LogP contribution in [-0.4, -0.2) is 70.4 Å². The number of aliphatic hydroxyl groups is 1. The van der Waals surface area contributed by atoms with Gasteiger partial charge < -0.3 is 19.5 Å². The number of aliphatic hydroxyl groups excluding tert-OH is 1. The second-order valence-electron chi connectivity index (χ2n) is 6.96. The van der Waals surface area contributed by atoms with E-state index in [-0.39, 0.29) is 13.0 Å². The Hall–Kier alpha value is -1.83. The minimum Gasteiger partial charge on any atom is -0.468 e. The molecule has 0 aromatic heterocycles. The van der Waals surface area contributed by atoms with E-state index in [1.807, 2.05) is 0 Å². The van der Waals surface area contributed by atoms with Crippen LogP contribution in [0, 0.1) is 0 Å². The quantitative estimate of drug-likeness (QED) is 0.741. The zero-order valence-electron chi connectivity index (χ0n) is 14.0. The average Bonchev–Trinajstić information content (AvgIpc) is 2.95. The lowest BCUT2D eigenvalue weighted by Gasteiger charge is -2.34. The third-order valence-electron chi connectivity index (χ3n) is 4.17. The van der Waals surface area contributed by atoms with E-state index >= 15 is 0 Å². The van der Waals surface area contributed by atoms with Crippen LogP contribution in [0.3, 0.4) is 0 Å². The summed E-state index contributed by atoms with van der Waals surface area (Å²) >= 11 is 0. The van der Waals surface area contributed by atoms with E-state index in [9.17, 15) is 19.5 Å². The third kappa shape index (κ3) is 3.26. The van der Waals surface area contributed by atoms with Gasteiger partial charge in [-0.25, -0.2) is 4.79 Å². The molecule has 8 nitrogen and oxygen atoms in total. The SMILES string of the molecule is COC(=O)CN1C(=O)[C@@]2(CCCN2C(=O)OC(C)(C)C)CC1O. The predicted octanol–water partition coefficient (Wildman–Crippen LogP) is 0.480. The molecule has 2 atom stereocenters. The molecular formula is C15H24N2O6. The number of carbonyl (C=O) groups is 3. The predicted molar refractivity (Wildman–Crippen MR) is 79.3 cm³/mol. The molecule has 2 heterocycles. The molecule has 2 aliphatic rings. The van der Waals surface area contributed by atoms with Crippen molar-refractivity contribution in [3.63, 3.8) is 0 Å². The third-order valence-corrected chi connectivity index (χ3v) is 4.17. The fourth-order valence-electron chi connectivity index (χ4n) is 3.18. The molecule has 0 aromatic rings. The summed E-state index contributed by atoms with van der Waals surface area (Å²) in [6, 6.07) is 0. The summed E-state index contributed by atoms with van der Waals surface area (Å²) in [6.45, 7) is 5.31. The average molecular weight is 328 g/mol. The maximum absolute atomic E-state index is 12.8. The first-order valence-electron chi connectivity index (χ1n) is 7.67. The molecule has 0 saturated carbocycles. The molecule has 1 spiro atoms. The Bertz CT molecular complexity index is 515. The Morgan fingerprint density at radius 2 is 2.04 bits per heavy atom. The lowest BCUT2D eigenvalue weighted by molar-refractivity contribution is -0.151. The van der Waals surface area contributed by atoms with Gasteiger partial charge in [-0.15, -0.1) is 0 Å². The van der Waals surface area contributed by atoms with Gasteiger partial charge in [0.1, 0.15) is 23.9 Å². The van der Waals surface area contributed by atoms with Crippen LogP contribution in [0.5, 0.6) is 0 Å². The van der Waals surface area contributed by atoms with Gasteiger partial charge in [0.15, 0.2) is 0 Å². The van der Waals surface area contributed by atoms with Crippen LogP contribution in [0.1, 0.15) is 40.0 Å². The maximum Gasteiger partial charge on any atom is 0.411 e. The lowest BCUT2D eigenvalue weighted by Crippen LogP contribution is -2.54. The van der Waals surface area contributed by atoms with E-state index in [0.717, 1.165) is 4.90 Å². The van der Waals surface area contributed by atoms with Gasteiger partial charge in [0, 0.05) is 13.0 Å². The van der Waals surface area contributed by atoms with Crippen LogP contribution in [-0.2, 0) is 19.1 Å². The first kappa shape index (κ1) is 17.5. The first-order chi connectivity index (χ1) is 10.6. The van der Waals surface area contributed by atoms with Crippen LogP contribution in [0.4, 0.5) is 4.79 Å². The molecule has 2 saturated heterocycles. The van der Waals surface area contributed by atoms with Crippen molar-refractivity contribution in [2.45, 2.75) is 57.4 Å². The second kappa shape index (κ2) is 5.99. The van der Waals surface area contributed by atoms with Crippen molar-refractivity contribution in [3.8, 4) is 0 Å². The molecular weight excluding hydrogens is 304 g/mol. The minimum atomic E-state index is -1.13. The Kier molecular flexibility index (Phi) is 4.57. The van der Waals surface area contributed by atoms with Crippen LogP contribution < -0.4 is 0 Å². The van der Waals surface area contributed by atoms with Gasteiger partial charge in [0.2, 0.25) is 0 Å². The fourth-order valence-corrected chi connectivity index (χ4v) is 3.18. The largest absolute Gasteiger partial charge is 0.468 e. The van der Waals surface area contributed by atoms with Crippen LogP contribution >= 0.6 is 0 Å². The molecule has 1 N–H and O–H groups in total. The summed E-state index contributed by atoms with van der Waals surface area (Å²) in [5.74, 6) is -1.05. The van der Waals surface area contributed by atoms with Crippen molar-refractivity contribution in [1.29, 1.82) is 0 Å². The number of hydrogen-bond acceptors (Lipinski definition) is 6. The summed E-state index contributed by atoms with van der Waals surface area (Å²) in [6.07, 6.45) is -0.536. The van der Waals surface area contributed by atoms with Crippen molar-refractivity contribution in [1.82, 2.24) is 9.80 Å². The van der Waals surface area contributed by atoms with E-state index in [4.69, 9.17) is 4.74 Å². The van der Waals surface area contributed by atoms with Crippen molar-refractivity contribution < 1.29 is 29.0 Å². The maximum atomic E-state index is 12.8. The van der Waals surface area contributed by atoms with Crippen molar-refractivity contribution >= 4 is 18.0 Å². The molecule has 2 aliphatic heterocycles. The number of nitrogens with zero attached hydrogens (tertiary/aromatic N) is 2. The number of methoxy groups -OCH3 is 1. The van der Waals surface area contributed by atoms with E-state index in [1.54, 1.807) is 20.8 Å². The normalized spacial score (nSPS) is 27.7. The number of esters is 1. The van der Waals surface area contributed by atoms with Gasteiger partial charge in [-0.1, -0.05) is 0 Å². The second-order valence-corrected chi connectivity index (χ2v) is 6.96. The molecule has 0 bridgehead atoms. The Morgan fingerprint density at radius 1 is 1.39 bits per heavy atom. The summed E-state index contributed by atoms with van der Waals surface area (Å²) in [4.78, 5) is 39.1. The van der Waals surface area contributed by atoms with E-state index in [2.05, 4.69) is 4.74 Å². The minimum absolute atomic E-state index is 0.0715. The number of amides is 2. The molecule has 2 amide bonds. The summed E-state index contributed by atoms with van der Waals surface area (Å²) in [5, 5.41) is 10.2. The van der Waals surface area contributed by atoms with Gasteiger partial charge in [0.25, 0.3) is 5.91 Å². The number of carbonyl (C=O) groups excluding carboxylic acids is 3. The Morgan fingerprint density at radius 3 is 2.61 bits per heavy atom. The van der Waals surface area contributed by atoms with Crippen LogP contribution in [0.15, 0.2) is 0 Å². The van der Waals surface area contributed by atoms with Crippen LogP contribution in [0.2, 0.25) is 0 Å². The smallest absolute Gasteiger partial charge is 0.411 e. The highest BCUT2D eigenvalue weighted by Crippen LogP contribution is 2.41. The van der Waals surface area contributed by atoms with E-state index in [0.29, 0.717) is 19.4 Å². The zero-order chi connectivity index (χ0) is 17.4. The topological polar surface area (TPSA) is 96.4 Å². The number of hydrogen-bond donors (Lipinski definition) is 1. The Balaban J connectivity index is 2.21. The molecule has 2 fully saturated rings. The zero-order valence-corrected chi connectivity index (χ0v) is 14.0. The molecule has 8 heteroatoms. The van der Waals surface area contributed by atoms with Gasteiger partial charge in [-0.3, -0.25) is 14.5 Å². The fraction of sp³-hybridized carbons (Fsp3) is 0.800. The monoisotopic (exact) mass is 328 g/mol. The molecule has 0 aromatic carbocycles. The molecule has 2 rings (SSSR count). The first-order valence-corrected chi connectivity index (χ1v) is 7.67. The highest BCUT2D eigenvalue weighted by Gasteiger charge is 2.59. The Labute approximate surface area is 135 Å². The summed E-state index contributed by atoms with van der Waals surface area (Å²) < 4.78 is 9.92. The summed E-state index contributed by atoms with van der Waals surface area (Å²) in [5.41, 5.74) is -1.80. The molecule has 23 heavy (non-hydrogen) atoms. The molecule has 0 radical (unpaired) electrons. The van der Waals surface area contributed by atoms with Crippen LogP contribution in [0.25, 0.3) is 0 Å². The number of ether oxygens (including phenoxy) is 2. The van der Waals surface area contributed by atoms with Crippen molar-refractivity contribution in [3.05, 3.63) is 0 Å². The molecule has 130 valence electrons. The van der Waals surface area contributed by atoms with Gasteiger partial charge in [-0.2, -0.15) is 0 Å². The number of rotatable bonds is 2. The van der Waals surface area contributed by atoms with E-state index < -0.39 is 35.3 Å².